The second-order valence-corrected chi connectivity index (χ2v) is 8.71. The monoisotopic (exact) mass is 531 g/mol. The van der Waals surface area contributed by atoms with Crippen LogP contribution in [0.2, 0.25) is 0 Å². The second-order valence-electron chi connectivity index (χ2n) is 8.71. The van der Waals surface area contributed by atoms with E-state index in [1.807, 2.05) is 36.4 Å². The van der Waals surface area contributed by atoms with Gasteiger partial charge in [-0.2, -0.15) is 18.2 Å². The summed E-state index contributed by atoms with van der Waals surface area (Å²) in [5.41, 5.74) is 6.37. The van der Waals surface area contributed by atoms with Crippen molar-refractivity contribution >= 4 is 29.1 Å². The van der Waals surface area contributed by atoms with E-state index < -0.39 is 11.7 Å². The molecule has 0 saturated carbocycles. The molecular formula is C26H25ClF3N5O2. The minimum atomic E-state index is -4.36. The molecule has 1 saturated heterocycles. The fourth-order valence-corrected chi connectivity index (χ4v) is 4.44. The SMILES string of the molecule is Cl.N=C(N)N1CCC[C@H]1c1nc(-c2ccc3cc(OCCc4cccc(C(F)(F)F)c4)ccc3c2)no1. The Labute approximate surface area is 217 Å². The number of guanidine groups is 1. The van der Waals surface area contributed by atoms with Gasteiger partial charge in [0.25, 0.3) is 0 Å². The van der Waals surface area contributed by atoms with Crippen LogP contribution in [0.5, 0.6) is 5.75 Å². The van der Waals surface area contributed by atoms with Gasteiger partial charge in [0.05, 0.1) is 12.2 Å². The number of ether oxygens (including phenoxy) is 1. The summed E-state index contributed by atoms with van der Waals surface area (Å²) in [6.45, 7) is 0.951. The number of rotatable bonds is 6. The number of likely N-dealkylation sites (tertiary alicyclic amines) is 1. The van der Waals surface area contributed by atoms with Gasteiger partial charge in [-0.15, -0.1) is 12.4 Å². The average Bonchev–Trinajstić information content (AvgIpc) is 3.53. The van der Waals surface area contributed by atoms with Crippen molar-refractivity contribution in [2.45, 2.75) is 31.5 Å². The molecule has 5 rings (SSSR count). The van der Waals surface area contributed by atoms with Crippen molar-refractivity contribution in [2.24, 2.45) is 5.73 Å². The minimum Gasteiger partial charge on any atom is -0.493 e. The first-order valence-corrected chi connectivity index (χ1v) is 11.6. The Balaban J connectivity index is 0.00000320. The molecule has 0 bridgehead atoms. The molecule has 1 fully saturated rings. The molecule has 1 atom stereocenters. The Hall–Kier alpha value is -3.79. The lowest BCUT2D eigenvalue weighted by atomic mass is 10.1. The Morgan fingerprint density at radius 2 is 1.89 bits per heavy atom. The molecule has 11 heteroatoms. The highest BCUT2D eigenvalue weighted by Crippen LogP contribution is 2.33. The van der Waals surface area contributed by atoms with Crippen molar-refractivity contribution in [1.82, 2.24) is 15.0 Å². The smallest absolute Gasteiger partial charge is 0.416 e. The van der Waals surface area contributed by atoms with E-state index in [0.717, 1.165) is 41.3 Å². The number of fused-ring (bicyclic) bond motifs is 1. The summed E-state index contributed by atoms with van der Waals surface area (Å²) in [5, 5.41) is 13.7. The predicted octanol–water partition coefficient (Wildman–Crippen LogP) is 5.98. The zero-order chi connectivity index (χ0) is 25.3. The number of hydrogen-bond acceptors (Lipinski definition) is 5. The first-order valence-electron chi connectivity index (χ1n) is 11.6. The topological polar surface area (TPSA) is 101 Å². The van der Waals surface area contributed by atoms with Gasteiger partial charge in [0, 0.05) is 18.5 Å². The van der Waals surface area contributed by atoms with Crippen molar-refractivity contribution in [3.63, 3.8) is 0 Å². The van der Waals surface area contributed by atoms with Gasteiger partial charge < -0.3 is 19.9 Å². The van der Waals surface area contributed by atoms with E-state index in [9.17, 15) is 13.2 Å². The number of nitrogens with two attached hydrogens (primary N) is 1. The van der Waals surface area contributed by atoms with Crippen molar-refractivity contribution < 1.29 is 22.4 Å². The zero-order valence-electron chi connectivity index (χ0n) is 19.7. The summed E-state index contributed by atoms with van der Waals surface area (Å²) in [6.07, 6.45) is -2.29. The molecule has 2 heterocycles. The Morgan fingerprint density at radius 3 is 2.68 bits per heavy atom. The molecule has 194 valence electrons. The van der Waals surface area contributed by atoms with Crippen molar-refractivity contribution in [2.75, 3.05) is 13.2 Å². The second kappa shape index (κ2) is 10.7. The van der Waals surface area contributed by atoms with E-state index in [4.69, 9.17) is 20.4 Å². The molecule has 7 nitrogen and oxygen atoms in total. The third-order valence-corrected chi connectivity index (χ3v) is 6.27. The van der Waals surface area contributed by atoms with E-state index in [0.29, 0.717) is 36.0 Å². The van der Waals surface area contributed by atoms with Crippen LogP contribution in [0.4, 0.5) is 13.2 Å². The Morgan fingerprint density at radius 1 is 1.11 bits per heavy atom. The highest BCUT2D eigenvalue weighted by atomic mass is 35.5. The van der Waals surface area contributed by atoms with E-state index in [2.05, 4.69) is 10.1 Å². The Kier molecular flexibility index (Phi) is 7.58. The maximum absolute atomic E-state index is 12.9. The first kappa shape index (κ1) is 26.3. The molecule has 1 aliphatic rings. The van der Waals surface area contributed by atoms with Crippen LogP contribution in [0.15, 0.2) is 65.2 Å². The van der Waals surface area contributed by atoms with Gasteiger partial charge in [-0.1, -0.05) is 41.6 Å². The highest BCUT2D eigenvalue weighted by Gasteiger charge is 2.32. The van der Waals surface area contributed by atoms with Crippen LogP contribution in [-0.4, -0.2) is 34.2 Å². The third kappa shape index (κ3) is 5.80. The van der Waals surface area contributed by atoms with E-state index in [1.54, 1.807) is 11.0 Å². The lowest BCUT2D eigenvalue weighted by Crippen LogP contribution is -2.35. The lowest BCUT2D eigenvalue weighted by molar-refractivity contribution is -0.137. The van der Waals surface area contributed by atoms with Crippen molar-refractivity contribution in [3.8, 4) is 17.1 Å². The molecule has 0 amide bonds. The standard InChI is InChI=1S/C26H24F3N5O2.ClH/c27-26(28,29)20-4-1-3-16(13-20)10-12-35-21-9-8-17-14-19(7-6-18(17)15-21)23-32-24(36-33-23)22-5-2-11-34(22)25(30)31;/h1,3-4,6-9,13-15,22H,2,5,10-12H2,(H3,30,31);1H/t22-;/m0./s1. The number of aromatic nitrogens is 2. The van der Waals surface area contributed by atoms with Crippen LogP contribution in [0.1, 0.15) is 35.9 Å². The summed E-state index contributed by atoms with van der Waals surface area (Å²) in [6, 6.07) is 16.5. The zero-order valence-corrected chi connectivity index (χ0v) is 20.5. The molecule has 37 heavy (non-hydrogen) atoms. The highest BCUT2D eigenvalue weighted by molar-refractivity contribution is 5.87. The van der Waals surface area contributed by atoms with Gasteiger partial charge in [-0.25, -0.2) is 0 Å². The van der Waals surface area contributed by atoms with Crippen molar-refractivity contribution in [3.05, 3.63) is 77.7 Å². The number of alkyl halides is 3. The van der Waals surface area contributed by atoms with Crippen LogP contribution in [0.3, 0.4) is 0 Å². The van der Waals surface area contributed by atoms with Crippen LogP contribution in [0, 0.1) is 5.41 Å². The molecule has 0 radical (unpaired) electrons. The van der Waals surface area contributed by atoms with Gasteiger partial charge in [0.1, 0.15) is 11.8 Å². The molecule has 1 aromatic heterocycles. The van der Waals surface area contributed by atoms with Crippen LogP contribution >= 0.6 is 12.4 Å². The fourth-order valence-electron chi connectivity index (χ4n) is 4.44. The largest absolute Gasteiger partial charge is 0.493 e. The molecule has 1 aliphatic heterocycles. The van der Waals surface area contributed by atoms with Crippen LogP contribution in [0.25, 0.3) is 22.2 Å². The normalized spacial score (nSPS) is 15.5. The maximum atomic E-state index is 12.9. The fraction of sp³-hybridized carbons (Fsp3) is 0.269. The summed E-state index contributed by atoms with van der Waals surface area (Å²) in [7, 11) is 0. The first-order chi connectivity index (χ1) is 17.3. The van der Waals surface area contributed by atoms with Gasteiger partial charge in [0.15, 0.2) is 5.96 Å². The quantitative estimate of drug-likeness (QED) is 0.234. The van der Waals surface area contributed by atoms with Crippen LogP contribution < -0.4 is 10.5 Å². The molecule has 3 aromatic carbocycles. The summed E-state index contributed by atoms with van der Waals surface area (Å²) in [5.74, 6) is 1.54. The van der Waals surface area contributed by atoms with E-state index >= 15 is 0 Å². The molecule has 0 aliphatic carbocycles. The maximum Gasteiger partial charge on any atom is 0.416 e. The summed E-state index contributed by atoms with van der Waals surface area (Å²) in [4.78, 5) is 6.30. The summed E-state index contributed by atoms with van der Waals surface area (Å²) >= 11 is 0. The molecular weight excluding hydrogens is 507 g/mol. The van der Waals surface area contributed by atoms with Crippen molar-refractivity contribution in [1.29, 1.82) is 5.41 Å². The van der Waals surface area contributed by atoms with Gasteiger partial charge >= 0.3 is 6.18 Å². The third-order valence-electron chi connectivity index (χ3n) is 6.27. The molecule has 4 aromatic rings. The van der Waals surface area contributed by atoms with E-state index in [1.165, 1.54) is 6.07 Å². The molecule has 0 spiro atoms. The Bertz CT molecular complexity index is 1410. The van der Waals surface area contributed by atoms with E-state index in [-0.39, 0.29) is 31.0 Å². The predicted molar refractivity (Wildman–Crippen MR) is 136 cm³/mol. The number of nitrogens with one attached hydrogen (secondary N) is 1. The van der Waals surface area contributed by atoms with Crippen LogP contribution in [-0.2, 0) is 12.6 Å². The number of hydrogen-bond donors (Lipinski definition) is 2. The minimum absolute atomic E-state index is 0. The molecule has 3 N–H and O–H groups in total. The van der Waals surface area contributed by atoms with Gasteiger partial charge in [-0.05, 0) is 53.4 Å². The lowest BCUT2D eigenvalue weighted by Gasteiger charge is -2.21. The summed E-state index contributed by atoms with van der Waals surface area (Å²) < 4.78 is 50.0. The number of benzene rings is 3. The average molecular weight is 532 g/mol. The number of nitrogens with zero attached hydrogens (tertiary/aromatic N) is 3. The van der Waals surface area contributed by atoms with Gasteiger partial charge in [0.2, 0.25) is 11.7 Å². The number of halogens is 4. The molecule has 0 unspecified atom stereocenters. The van der Waals surface area contributed by atoms with Gasteiger partial charge in [-0.3, -0.25) is 5.41 Å².